The summed E-state index contributed by atoms with van der Waals surface area (Å²) in [5.41, 5.74) is 1.56. The molecule has 1 nitrogen and oxygen atoms in total. The Morgan fingerprint density at radius 3 is 3.00 bits per heavy atom. The van der Waals surface area contributed by atoms with Crippen molar-refractivity contribution in [1.29, 1.82) is 0 Å². The number of rotatable bonds is 1. The first-order chi connectivity index (χ1) is 6.18. The molecule has 1 aliphatic heterocycles. The minimum atomic E-state index is 0.591. The second kappa shape index (κ2) is 3.43. The Kier molecular flexibility index (Phi) is 2.43. The number of thiophene rings is 1. The van der Waals surface area contributed by atoms with Gasteiger partial charge in [-0.2, -0.15) is 0 Å². The third-order valence-electron chi connectivity index (χ3n) is 2.68. The predicted octanol–water partition coefficient (Wildman–Crippen LogP) is 2.90. The van der Waals surface area contributed by atoms with E-state index in [0.717, 1.165) is 6.54 Å². The van der Waals surface area contributed by atoms with Crippen LogP contribution in [-0.4, -0.2) is 6.54 Å². The van der Waals surface area contributed by atoms with E-state index in [1.165, 1.54) is 11.3 Å². The summed E-state index contributed by atoms with van der Waals surface area (Å²) in [6.45, 7) is 7.94. The van der Waals surface area contributed by atoms with Crippen molar-refractivity contribution in [3.8, 4) is 0 Å². The van der Waals surface area contributed by atoms with Gasteiger partial charge in [0, 0.05) is 22.3 Å². The second-order valence-corrected chi connectivity index (χ2v) is 5.50. The first kappa shape index (κ1) is 9.22. The lowest BCUT2D eigenvalue weighted by Gasteiger charge is -2.27. The molecule has 1 aromatic rings. The average molecular weight is 195 g/mol. The van der Waals surface area contributed by atoms with Gasteiger partial charge in [-0.25, -0.2) is 0 Å². The number of hydrogen-bond donors (Lipinski definition) is 1. The number of fused-ring (bicyclic) bond motifs is 1. The Hall–Kier alpha value is -0.340. The van der Waals surface area contributed by atoms with Crippen molar-refractivity contribution in [2.75, 3.05) is 6.54 Å². The molecular weight excluding hydrogens is 178 g/mol. The molecule has 1 aromatic heterocycles. The van der Waals surface area contributed by atoms with Crippen LogP contribution in [0.15, 0.2) is 6.07 Å². The van der Waals surface area contributed by atoms with Crippen LogP contribution in [0, 0.1) is 12.8 Å². The molecule has 13 heavy (non-hydrogen) atoms. The van der Waals surface area contributed by atoms with Crippen LogP contribution in [0.5, 0.6) is 0 Å². The highest BCUT2D eigenvalue weighted by Gasteiger charge is 2.23. The van der Waals surface area contributed by atoms with E-state index in [9.17, 15) is 0 Å². The monoisotopic (exact) mass is 195 g/mol. The van der Waals surface area contributed by atoms with Gasteiger partial charge in [-0.05, 0) is 30.9 Å². The van der Waals surface area contributed by atoms with Crippen LogP contribution in [0.2, 0.25) is 0 Å². The summed E-state index contributed by atoms with van der Waals surface area (Å²) in [6, 6.07) is 2.95. The molecule has 0 radical (unpaired) electrons. The van der Waals surface area contributed by atoms with Gasteiger partial charge >= 0.3 is 0 Å². The van der Waals surface area contributed by atoms with Gasteiger partial charge in [0.1, 0.15) is 0 Å². The molecule has 2 rings (SSSR count). The smallest absolute Gasteiger partial charge is 0.0354 e. The van der Waals surface area contributed by atoms with E-state index in [1.807, 2.05) is 11.3 Å². The highest BCUT2D eigenvalue weighted by Crippen LogP contribution is 2.33. The highest BCUT2D eigenvalue weighted by molar-refractivity contribution is 7.12. The van der Waals surface area contributed by atoms with Crippen molar-refractivity contribution < 1.29 is 0 Å². The van der Waals surface area contributed by atoms with E-state index in [0.29, 0.717) is 12.0 Å². The standard InChI is InChI=1S/C11H17NS/c1-7(2)11-9-6-8(3)13-10(9)4-5-12-11/h6-7,11-12H,4-5H2,1-3H3. The van der Waals surface area contributed by atoms with E-state index in [1.54, 1.807) is 10.4 Å². The largest absolute Gasteiger partial charge is 0.309 e. The summed E-state index contributed by atoms with van der Waals surface area (Å²) in [5.74, 6) is 0.702. The van der Waals surface area contributed by atoms with E-state index < -0.39 is 0 Å². The Balaban J connectivity index is 2.36. The molecule has 72 valence electrons. The summed E-state index contributed by atoms with van der Waals surface area (Å²) >= 11 is 1.97. The molecule has 0 amide bonds. The summed E-state index contributed by atoms with van der Waals surface area (Å²) in [7, 11) is 0. The molecule has 2 heteroatoms. The van der Waals surface area contributed by atoms with Gasteiger partial charge in [0.05, 0.1) is 0 Å². The van der Waals surface area contributed by atoms with E-state index in [2.05, 4.69) is 32.2 Å². The number of aryl methyl sites for hydroxylation is 1. The molecule has 0 spiro atoms. The van der Waals surface area contributed by atoms with Crippen LogP contribution >= 0.6 is 11.3 Å². The number of nitrogens with one attached hydrogen (secondary N) is 1. The van der Waals surface area contributed by atoms with Crippen LogP contribution in [0.1, 0.15) is 35.2 Å². The van der Waals surface area contributed by atoms with Gasteiger partial charge in [-0.3, -0.25) is 0 Å². The van der Waals surface area contributed by atoms with E-state index in [4.69, 9.17) is 0 Å². The van der Waals surface area contributed by atoms with Gasteiger partial charge in [-0.15, -0.1) is 11.3 Å². The molecule has 0 aliphatic carbocycles. The van der Waals surface area contributed by atoms with Crippen molar-refractivity contribution in [3.05, 3.63) is 21.4 Å². The highest BCUT2D eigenvalue weighted by atomic mass is 32.1. The number of hydrogen-bond acceptors (Lipinski definition) is 2. The minimum absolute atomic E-state index is 0.591. The Labute approximate surface area is 84.2 Å². The van der Waals surface area contributed by atoms with Gasteiger partial charge in [-0.1, -0.05) is 13.8 Å². The normalized spacial score (nSPS) is 22.0. The predicted molar refractivity (Wildman–Crippen MR) is 58.3 cm³/mol. The lowest BCUT2D eigenvalue weighted by Crippen LogP contribution is -2.31. The zero-order valence-corrected chi connectivity index (χ0v) is 9.37. The summed E-state index contributed by atoms with van der Waals surface area (Å²) < 4.78 is 0. The zero-order chi connectivity index (χ0) is 9.42. The Bertz CT molecular complexity index is 301. The molecule has 1 unspecified atom stereocenters. The fraction of sp³-hybridized carbons (Fsp3) is 0.636. The van der Waals surface area contributed by atoms with Crippen molar-refractivity contribution in [3.63, 3.8) is 0 Å². The molecular formula is C11H17NS. The maximum Gasteiger partial charge on any atom is 0.0354 e. The SMILES string of the molecule is Cc1cc2c(s1)CCNC2C(C)C. The summed E-state index contributed by atoms with van der Waals surface area (Å²) in [6.07, 6.45) is 1.22. The van der Waals surface area contributed by atoms with Crippen LogP contribution in [-0.2, 0) is 6.42 Å². The maximum absolute atomic E-state index is 3.59. The molecule has 1 atom stereocenters. The van der Waals surface area contributed by atoms with Crippen LogP contribution in [0.4, 0.5) is 0 Å². The van der Waals surface area contributed by atoms with Crippen LogP contribution in [0.3, 0.4) is 0 Å². The topological polar surface area (TPSA) is 12.0 Å². The molecule has 0 saturated carbocycles. The summed E-state index contributed by atoms with van der Waals surface area (Å²) in [5, 5.41) is 3.59. The minimum Gasteiger partial charge on any atom is -0.309 e. The van der Waals surface area contributed by atoms with Gasteiger partial charge in [0.15, 0.2) is 0 Å². The second-order valence-electron chi connectivity index (χ2n) is 4.16. The van der Waals surface area contributed by atoms with Crippen LogP contribution in [0.25, 0.3) is 0 Å². The molecule has 0 fully saturated rings. The van der Waals surface area contributed by atoms with Crippen LogP contribution < -0.4 is 5.32 Å². The molecule has 0 saturated heterocycles. The quantitative estimate of drug-likeness (QED) is 0.726. The zero-order valence-electron chi connectivity index (χ0n) is 8.55. The lowest BCUT2D eigenvalue weighted by molar-refractivity contribution is 0.398. The molecule has 0 aromatic carbocycles. The van der Waals surface area contributed by atoms with Gasteiger partial charge < -0.3 is 5.32 Å². The van der Waals surface area contributed by atoms with Crippen molar-refractivity contribution >= 4 is 11.3 Å². The Morgan fingerprint density at radius 1 is 1.54 bits per heavy atom. The van der Waals surface area contributed by atoms with Gasteiger partial charge in [0.2, 0.25) is 0 Å². The van der Waals surface area contributed by atoms with Crippen molar-refractivity contribution in [1.82, 2.24) is 5.32 Å². The fourth-order valence-electron chi connectivity index (χ4n) is 2.09. The summed E-state index contributed by atoms with van der Waals surface area (Å²) in [4.78, 5) is 3.06. The third-order valence-corrected chi connectivity index (χ3v) is 3.81. The first-order valence-electron chi connectivity index (χ1n) is 5.01. The first-order valence-corrected chi connectivity index (χ1v) is 5.82. The lowest BCUT2D eigenvalue weighted by atomic mass is 9.93. The van der Waals surface area contributed by atoms with Crippen molar-refractivity contribution in [2.45, 2.75) is 33.2 Å². The average Bonchev–Trinajstić information content (AvgIpc) is 2.43. The van der Waals surface area contributed by atoms with E-state index >= 15 is 0 Å². The maximum atomic E-state index is 3.59. The third kappa shape index (κ3) is 1.65. The van der Waals surface area contributed by atoms with Crippen molar-refractivity contribution in [2.24, 2.45) is 5.92 Å². The van der Waals surface area contributed by atoms with E-state index in [-0.39, 0.29) is 0 Å². The van der Waals surface area contributed by atoms with Gasteiger partial charge in [0.25, 0.3) is 0 Å². The Morgan fingerprint density at radius 2 is 2.31 bits per heavy atom. The molecule has 1 aliphatic rings. The molecule has 0 bridgehead atoms. The fourth-order valence-corrected chi connectivity index (χ4v) is 3.17. The molecule has 2 heterocycles. The molecule has 1 N–H and O–H groups in total.